The van der Waals surface area contributed by atoms with Crippen LogP contribution in [-0.4, -0.2) is 94.3 Å². The van der Waals surface area contributed by atoms with Crippen LogP contribution in [0.4, 0.5) is 4.79 Å². The first-order valence-electron chi connectivity index (χ1n) is 18.2. The van der Waals surface area contributed by atoms with E-state index in [0.717, 1.165) is 47.8 Å². The van der Waals surface area contributed by atoms with E-state index in [1.807, 2.05) is 78.9 Å². The molecule has 1 aliphatic carbocycles. The van der Waals surface area contributed by atoms with Gasteiger partial charge in [0.2, 0.25) is 5.91 Å². The molecule has 1 heterocycles. The van der Waals surface area contributed by atoms with Crippen molar-refractivity contribution in [2.75, 3.05) is 26.4 Å². The quantitative estimate of drug-likeness (QED) is 0.203. The van der Waals surface area contributed by atoms with Crippen LogP contribution in [0.15, 0.2) is 78.9 Å². The number of nitrogens with one attached hydrogen (secondary N) is 1. The van der Waals surface area contributed by atoms with Gasteiger partial charge >= 0.3 is 6.09 Å². The van der Waals surface area contributed by atoms with Crippen molar-refractivity contribution < 1.29 is 34.0 Å². The van der Waals surface area contributed by atoms with Crippen LogP contribution in [0.3, 0.4) is 0 Å². The summed E-state index contributed by atoms with van der Waals surface area (Å²) < 4.78 is 17.2. The first-order valence-corrected chi connectivity index (χ1v) is 18.2. The molecule has 2 amide bonds. The van der Waals surface area contributed by atoms with Crippen molar-refractivity contribution in [3.8, 4) is 5.75 Å². The minimum atomic E-state index is -1.02. The van der Waals surface area contributed by atoms with Gasteiger partial charge in [0.15, 0.2) is 0 Å². The molecule has 0 saturated carbocycles. The van der Waals surface area contributed by atoms with Crippen LogP contribution in [0.25, 0.3) is 0 Å². The Morgan fingerprint density at radius 3 is 2.31 bits per heavy atom. The van der Waals surface area contributed by atoms with E-state index in [4.69, 9.17) is 14.2 Å². The van der Waals surface area contributed by atoms with Crippen molar-refractivity contribution >= 4 is 12.0 Å². The molecule has 1 saturated heterocycles. The van der Waals surface area contributed by atoms with Gasteiger partial charge in [-0.05, 0) is 81.8 Å². The third-order valence-electron chi connectivity index (χ3n) is 9.69. The van der Waals surface area contributed by atoms with E-state index in [-0.39, 0.29) is 25.3 Å². The SMILES string of the molecule is CC1COCC(C)N1CCOc1ccc(CN(C(=O)CC[C@H](O)[C@H](Cc2ccccc2)NC(=O)OC(C)(C)C)[C@H]2c3ccccc3C[C@H]2O)cc1. The summed E-state index contributed by atoms with van der Waals surface area (Å²) in [4.78, 5) is 31.0. The Labute approximate surface area is 302 Å². The Morgan fingerprint density at radius 1 is 0.961 bits per heavy atom. The van der Waals surface area contributed by atoms with Gasteiger partial charge in [-0.15, -0.1) is 0 Å². The van der Waals surface area contributed by atoms with E-state index in [1.54, 1.807) is 25.7 Å². The van der Waals surface area contributed by atoms with E-state index in [9.17, 15) is 19.8 Å². The number of ether oxygens (including phenoxy) is 3. The average Bonchev–Trinajstić information content (AvgIpc) is 3.42. The Balaban J connectivity index is 1.27. The summed E-state index contributed by atoms with van der Waals surface area (Å²) in [7, 11) is 0. The fourth-order valence-corrected chi connectivity index (χ4v) is 7.13. The molecule has 1 aliphatic heterocycles. The maximum atomic E-state index is 14.2. The van der Waals surface area contributed by atoms with Gasteiger partial charge in [-0.25, -0.2) is 4.79 Å². The molecule has 5 rings (SSSR count). The molecule has 10 nitrogen and oxygen atoms in total. The maximum absolute atomic E-state index is 14.2. The highest BCUT2D eigenvalue weighted by atomic mass is 16.6. The molecule has 0 aromatic heterocycles. The van der Waals surface area contributed by atoms with Crippen LogP contribution in [0.5, 0.6) is 5.75 Å². The second kappa shape index (κ2) is 17.5. The molecule has 6 atom stereocenters. The van der Waals surface area contributed by atoms with Crippen LogP contribution in [0, 0.1) is 0 Å². The molecule has 3 aromatic rings. The van der Waals surface area contributed by atoms with Gasteiger partial charge in [0.05, 0.1) is 37.5 Å². The summed E-state index contributed by atoms with van der Waals surface area (Å²) in [5, 5.41) is 25.5. The smallest absolute Gasteiger partial charge is 0.407 e. The molecular weight excluding hydrogens is 646 g/mol. The number of fused-ring (bicyclic) bond motifs is 1. The standard InChI is InChI=1S/C41H55N3O7/c1-28-26-49-27-29(2)43(28)21-22-50-33-17-15-31(16-18-33)25-44(39-34-14-10-9-13-32(34)24-37(39)46)38(47)20-19-36(45)35(23-30-11-7-6-8-12-30)42-40(48)51-41(3,4)5/h6-18,28-29,35-37,39,45-46H,19-27H2,1-5H3,(H,42,48)/t28?,29?,35-,36-,37+,39-/m0/s1. The molecule has 276 valence electrons. The third kappa shape index (κ3) is 10.8. The molecule has 0 bridgehead atoms. The lowest BCUT2D eigenvalue weighted by Gasteiger charge is -2.38. The predicted molar refractivity (Wildman–Crippen MR) is 196 cm³/mol. The zero-order chi connectivity index (χ0) is 36.5. The van der Waals surface area contributed by atoms with Gasteiger partial charge in [-0.3, -0.25) is 9.69 Å². The summed E-state index contributed by atoms with van der Waals surface area (Å²) in [5.41, 5.74) is 3.08. The predicted octanol–water partition coefficient (Wildman–Crippen LogP) is 5.44. The summed E-state index contributed by atoms with van der Waals surface area (Å²) in [5.74, 6) is 0.557. The minimum absolute atomic E-state index is 0.0213. The average molecular weight is 702 g/mol. The highest BCUT2D eigenvalue weighted by Gasteiger charge is 2.38. The van der Waals surface area contributed by atoms with Crippen LogP contribution >= 0.6 is 0 Å². The van der Waals surface area contributed by atoms with Crippen molar-refractivity contribution in [2.24, 2.45) is 0 Å². The molecule has 10 heteroatoms. The van der Waals surface area contributed by atoms with E-state index in [2.05, 4.69) is 24.1 Å². The number of aliphatic hydroxyl groups is 2. The largest absolute Gasteiger partial charge is 0.492 e. The van der Waals surface area contributed by atoms with Gasteiger partial charge in [0, 0.05) is 38.0 Å². The minimum Gasteiger partial charge on any atom is -0.492 e. The second-order valence-corrected chi connectivity index (χ2v) is 15.0. The first-order chi connectivity index (χ1) is 24.4. The Hall–Kier alpha value is -3.96. The number of amides is 2. The van der Waals surface area contributed by atoms with Crippen LogP contribution < -0.4 is 10.1 Å². The molecule has 0 radical (unpaired) electrons. The van der Waals surface area contributed by atoms with Crippen molar-refractivity contribution in [1.82, 2.24) is 15.1 Å². The van der Waals surface area contributed by atoms with Crippen molar-refractivity contribution in [3.05, 3.63) is 101 Å². The number of aliphatic hydroxyl groups excluding tert-OH is 2. The Morgan fingerprint density at radius 2 is 1.63 bits per heavy atom. The Kier molecular flexibility index (Phi) is 13.1. The number of carbonyl (C=O) groups is 2. The van der Waals surface area contributed by atoms with Gasteiger partial charge in [0.25, 0.3) is 0 Å². The van der Waals surface area contributed by atoms with Crippen LogP contribution in [0.1, 0.15) is 75.8 Å². The van der Waals surface area contributed by atoms with Crippen molar-refractivity contribution in [1.29, 1.82) is 0 Å². The van der Waals surface area contributed by atoms with E-state index in [0.29, 0.717) is 31.5 Å². The third-order valence-corrected chi connectivity index (χ3v) is 9.69. The highest BCUT2D eigenvalue weighted by molar-refractivity contribution is 5.77. The van der Waals surface area contributed by atoms with Crippen LogP contribution in [0.2, 0.25) is 0 Å². The van der Waals surface area contributed by atoms with Gasteiger partial charge in [-0.2, -0.15) is 0 Å². The number of alkyl carbamates (subject to hydrolysis) is 1. The van der Waals surface area contributed by atoms with Crippen molar-refractivity contribution in [3.63, 3.8) is 0 Å². The maximum Gasteiger partial charge on any atom is 0.407 e. The lowest BCUT2D eigenvalue weighted by Crippen LogP contribution is -2.50. The fourth-order valence-electron chi connectivity index (χ4n) is 7.13. The number of nitrogens with zero attached hydrogens (tertiary/aromatic N) is 2. The lowest BCUT2D eigenvalue weighted by molar-refractivity contribution is -0.137. The van der Waals surface area contributed by atoms with E-state index in [1.165, 1.54) is 0 Å². The first kappa shape index (κ1) is 38.3. The number of hydrogen-bond donors (Lipinski definition) is 3. The molecule has 0 spiro atoms. The van der Waals surface area contributed by atoms with Gasteiger partial charge < -0.3 is 34.6 Å². The molecule has 1 fully saturated rings. The highest BCUT2D eigenvalue weighted by Crippen LogP contribution is 2.37. The number of carbonyl (C=O) groups excluding carboxylic acids is 2. The second-order valence-electron chi connectivity index (χ2n) is 15.0. The topological polar surface area (TPSA) is 121 Å². The zero-order valence-electron chi connectivity index (χ0n) is 30.7. The van der Waals surface area contributed by atoms with E-state index >= 15 is 0 Å². The number of benzene rings is 3. The summed E-state index contributed by atoms with van der Waals surface area (Å²) in [6, 6.07) is 24.7. The lowest BCUT2D eigenvalue weighted by atomic mass is 9.97. The monoisotopic (exact) mass is 701 g/mol. The zero-order valence-corrected chi connectivity index (χ0v) is 30.7. The molecule has 2 aliphatic rings. The van der Waals surface area contributed by atoms with Gasteiger partial charge in [0.1, 0.15) is 18.0 Å². The van der Waals surface area contributed by atoms with Gasteiger partial charge in [-0.1, -0.05) is 66.7 Å². The fraction of sp³-hybridized carbons (Fsp3) is 0.512. The molecule has 2 unspecified atom stereocenters. The molecular formula is C41H55N3O7. The molecule has 51 heavy (non-hydrogen) atoms. The summed E-state index contributed by atoms with van der Waals surface area (Å²) in [6.45, 7) is 12.8. The summed E-state index contributed by atoms with van der Waals surface area (Å²) >= 11 is 0. The number of hydrogen-bond acceptors (Lipinski definition) is 8. The van der Waals surface area contributed by atoms with Crippen molar-refractivity contribution in [2.45, 2.75) is 109 Å². The summed E-state index contributed by atoms with van der Waals surface area (Å²) in [6.07, 6.45) is -1.45. The molecule has 3 aromatic carbocycles. The number of morpholine rings is 1. The number of rotatable bonds is 14. The normalized spacial score (nSPS) is 21.7. The molecule has 3 N–H and O–H groups in total. The Bertz CT molecular complexity index is 1550. The van der Waals surface area contributed by atoms with E-state index < -0.39 is 36.0 Å². The van der Waals surface area contributed by atoms with Crippen LogP contribution in [-0.2, 0) is 33.7 Å².